The molecule has 0 bridgehead atoms. The van der Waals surface area contributed by atoms with Crippen LogP contribution in [-0.4, -0.2) is 67.3 Å². The third-order valence-electron chi connectivity index (χ3n) is 2.70. The fourth-order valence-corrected chi connectivity index (χ4v) is 1.83. The van der Waals surface area contributed by atoms with E-state index in [0.717, 1.165) is 26.2 Å². The largest absolute Gasteiger partial charge is 0.444 e. The third-order valence-corrected chi connectivity index (χ3v) is 2.70. The quantitative estimate of drug-likeness (QED) is 0.548. The number of hydrogen-bond acceptors (Lipinski definition) is 3. The van der Waals surface area contributed by atoms with Gasteiger partial charge in [-0.2, -0.15) is 0 Å². The van der Waals surface area contributed by atoms with Gasteiger partial charge in [-0.05, 0) is 27.5 Å². The lowest BCUT2D eigenvalue weighted by molar-refractivity contribution is -0.526. The molecule has 5 heteroatoms. The first kappa shape index (κ1) is 14.7. The van der Waals surface area contributed by atoms with Gasteiger partial charge in [0.15, 0.2) is 6.54 Å². The molecule has 0 aromatic heterocycles. The second-order valence-corrected chi connectivity index (χ2v) is 5.78. The number of rotatable bonds is 5. The van der Waals surface area contributed by atoms with Crippen molar-refractivity contribution in [1.29, 1.82) is 0 Å². The summed E-state index contributed by atoms with van der Waals surface area (Å²) in [6.45, 7) is 16.9. The monoisotopic (exact) mass is 254 g/mol. The van der Waals surface area contributed by atoms with Gasteiger partial charge in [0.2, 0.25) is 0 Å². The minimum atomic E-state index is -0.420. The van der Waals surface area contributed by atoms with Crippen LogP contribution in [0.2, 0.25) is 0 Å². The van der Waals surface area contributed by atoms with Crippen molar-refractivity contribution in [2.45, 2.75) is 26.4 Å². The lowest BCUT2D eigenvalue weighted by Crippen LogP contribution is -2.54. The molecule has 0 N–H and O–H groups in total. The minimum Gasteiger partial charge on any atom is -0.444 e. The van der Waals surface area contributed by atoms with Crippen molar-refractivity contribution in [2.24, 2.45) is 10.9 Å². The Labute approximate surface area is 109 Å². The molecule has 1 saturated heterocycles. The van der Waals surface area contributed by atoms with Crippen molar-refractivity contribution in [3.05, 3.63) is 0 Å². The zero-order valence-corrected chi connectivity index (χ0v) is 11.7. The number of aliphatic imine (C=N–C) groups is 1. The van der Waals surface area contributed by atoms with E-state index in [9.17, 15) is 4.79 Å². The summed E-state index contributed by atoms with van der Waals surface area (Å²) in [5.41, 5.74) is -0.420. The predicted octanol–water partition coefficient (Wildman–Crippen LogP) is 1.27. The number of likely N-dealkylation sites (tertiary alicyclic amines) is 1. The summed E-state index contributed by atoms with van der Waals surface area (Å²) in [6, 6.07) is 0. The first-order valence-corrected chi connectivity index (χ1v) is 6.27. The maximum Gasteiger partial charge on any atom is 0.410 e. The summed E-state index contributed by atoms with van der Waals surface area (Å²) in [5, 5.41) is 0. The Bertz CT molecular complexity index is 328. The summed E-state index contributed by atoms with van der Waals surface area (Å²) in [5.74, 6) is 0.486. The van der Waals surface area contributed by atoms with Crippen LogP contribution in [0, 0.1) is 5.92 Å². The smallest absolute Gasteiger partial charge is 0.410 e. The highest BCUT2D eigenvalue weighted by Crippen LogP contribution is 2.19. The molecule has 102 valence electrons. The average Bonchev–Trinajstić information content (AvgIpc) is 2.16. The van der Waals surface area contributed by atoms with E-state index in [1.165, 1.54) is 0 Å². The molecule has 1 rings (SSSR count). The van der Waals surface area contributed by atoms with E-state index in [1.807, 2.05) is 25.3 Å². The fraction of sp³-hybridized carbons (Fsp3) is 0.769. The molecule has 1 heterocycles. The van der Waals surface area contributed by atoms with Crippen molar-refractivity contribution >= 4 is 19.5 Å². The Morgan fingerprint density at radius 3 is 2.61 bits per heavy atom. The first-order chi connectivity index (χ1) is 8.31. The van der Waals surface area contributed by atoms with Crippen molar-refractivity contribution < 1.29 is 14.1 Å². The van der Waals surface area contributed by atoms with Crippen LogP contribution in [0.3, 0.4) is 0 Å². The molecule has 1 amide bonds. The second-order valence-electron chi connectivity index (χ2n) is 5.78. The molecule has 1 aliphatic rings. The van der Waals surface area contributed by atoms with E-state index >= 15 is 0 Å². The predicted molar refractivity (Wildman–Crippen MR) is 72.8 cm³/mol. The molecule has 0 aliphatic carbocycles. The van der Waals surface area contributed by atoms with Gasteiger partial charge in [0, 0.05) is 13.1 Å². The summed E-state index contributed by atoms with van der Waals surface area (Å²) in [6.07, 6.45) is -0.220. The van der Waals surface area contributed by atoms with Crippen LogP contribution in [0.15, 0.2) is 4.99 Å². The van der Waals surface area contributed by atoms with Gasteiger partial charge in [-0.25, -0.2) is 9.37 Å². The Kier molecular flexibility index (Phi) is 4.87. The van der Waals surface area contributed by atoms with Gasteiger partial charge < -0.3 is 9.64 Å². The van der Waals surface area contributed by atoms with Gasteiger partial charge in [0.25, 0.3) is 0 Å². The number of amides is 1. The van der Waals surface area contributed by atoms with Crippen molar-refractivity contribution in [2.75, 3.05) is 32.7 Å². The Balaban J connectivity index is 2.21. The summed E-state index contributed by atoms with van der Waals surface area (Å²) >= 11 is 0. The van der Waals surface area contributed by atoms with E-state index in [-0.39, 0.29) is 6.09 Å². The molecule has 18 heavy (non-hydrogen) atoms. The van der Waals surface area contributed by atoms with E-state index in [4.69, 9.17) is 4.74 Å². The average molecular weight is 254 g/mol. The minimum absolute atomic E-state index is 0.220. The van der Waals surface area contributed by atoms with Gasteiger partial charge in [0.05, 0.1) is 12.5 Å². The molecule has 0 aromatic rings. The third kappa shape index (κ3) is 4.85. The van der Waals surface area contributed by atoms with Gasteiger partial charge in [-0.1, -0.05) is 0 Å². The van der Waals surface area contributed by atoms with Crippen LogP contribution in [-0.2, 0) is 4.74 Å². The Hall–Kier alpha value is -1.39. The van der Waals surface area contributed by atoms with E-state index in [0.29, 0.717) is 12.5 Å². The molecule has 0 atom stereocenters. The highest BCUT2D eigenvalue weighted by Gasteiger charge is 2.35. The van der Waals surface area contributed by atoms with E-state index in [1.54, 1.807) is 4.90 Å². The molecule has 0 radical (unpaired) electrons. The topological polar surface area (TPSA) is 44.9 Å². The molecular weight excluding hydrogens is 230 g/mol. The fourth-order valence-electron chi connectivity index (χ4n) is 1.83. The zero-order chi connectivity index (χ0) is 13.8. The number of hydrogen-bond donors (Lipinski definition) is 0. The molecular formula is C13H24N3O2+. The van der Waals surface area contributed by atoms with E-state index < -0.39 is 5.60 Å². The highest BCUT2D eigenvalue weighted by molar-refractivity contribution is 5.69. The van der Waals surface area contributed by atoms with Gasteiger partial charge in [0.1, 0.15) is 18.9 Å². The molecule has 0 spiro atoms. The van der Waals surface area contributed by atoms with Crippen LogP contribution < -0.4 is 0 Å². The number of carbonyl (C=O) groups is 1. The lowest BCUT2D eigenvalue weighted by Gasteiger charge is -2.38. The lowest BCUT2D eigenvalue weighted by atomic mass is 10.0. The second kappa shape index (κ2) is 5.98. The number of ether oxygens (including phenoxy) is 1. The maximum absolute atomic E-state index is 11.7. The molecule has 1 aliphatic heterocycles. The highest BCUT2D eigenvalue weighted by atomic mass is 16.6. The molecule has 5 nitrogen and oxygen atoms in total. The van der Waals surface area contributed by atoms with E-state index in [2.05, 4.69) is 18.4 Å². The molecule has 0 unspecified atom stereocenters. The molecule has 0 aromatic carbocycles. The maximum atomic E-state index is 11.7. The van der Waals surface area contributed by atoms with Gasteiger partial charge >= 0.3 is 6.09 Å². The zero-order valence-electron chi connectivity index (χ0n) is 11.7. The number of carbonyl (C=O) groups excluding carboxylic acids is 1. The van der Waals surface area contributed by atoms with Crippen molar-refractivity contribution in [3.8, 4) is 0 Å². The van der Waals surface area contributed by atoms with Crippen LogP contribution in [0.4, 0.5) is 4.79 Å². The molecule has 0 saturated carbocycles. The van der Waals surface area contributed by atoms with Crippen molar-refractivity contribution in [1.82, 2.24) is 4.90 Å². The number of nitrogens with zero attached hydrogens (tertiary/aromatic N) is 3. The van der Waals surface area contributed by atoms with Gasteiger partial charge in [-0.15, -0.1) is 0 Å². The van der Waals surface area contributed by atoms with Crippen molar-refractivity contribution in [3.63, 3.8) is 0 Å². The Morgan fingerprint density at radius 2 is 2.11 bits per heavy atom. The standard InChI is InChI=1S/C13H24N3O2/c1-13(2,3)18-12(17)16-9-11(10-16)8-15(5)7-6-14-4/h11H,4-10H2,1-3H3/q+1. The summed E-state index contributed by atoms with van der Waals surface area (Å²) in [4.78, 5) is 17.2. The SMILES string of the molecule is C=NCC[N+](=C)CC1CN(C(=O)OC(C)(C)C)C1. The van der Waals surface area contributed by atoms with Crippen LogP contribution in [0.25, 0.3) is 0 Å². The van der Waals surface area contributed by atoms with Crippen LogP contribution in [0.1, 0.15) is 20.8 Å². The van der Waals surface area contributed by atoms with Crippen LogP contribution >= 0.6 is 0 Å². The first-order valence-electron chi connectivity index (χ1n) is 6.27. The van der Waals surface area contributed by atoms with Gasteiger partial charge in [-0.3, -0.25) is 4.99 Å². The summed E-state index contributed by atoms with van der Waals surface area (Å²) < 4.78 is 7.27. The summed E-state index contributed by atoms with van der Waals surface area (Å²) in [7, 11) is 0. The Morgan fingerprint density at radius 1 is 1.50 bits per heavy atom. The molecule has 1 fully saturated rings. The van der Waals surface area contributed by atoms with Crippen LogP contribution in [0.5, 0.6) is 0 Å². The normalized spacial score (nSPS) is 16.1.